The van der Waals surface area contributed by atoms with E-state index in [1.807, 2.05) is 35.2 Å². The number of carbonyl (C=O) groups excluding carboxylic acids is 1. The number of thiazole rings is 1. The third-order valence-corrected chi connectivity index (χ3v) is 6.90. The summed E-state index contributed by atoms with van der Waals surface area (Å²) in [5, 5.41) is 1.93. The van der Waals surface area contributed by atoms with E-state index in [0.29, 0.717) is 12.5 Å². The van der Waals surface area contributed by atoms with Crippen LogP contribution in [0, 0.1) is 0 Å². The highest BCUT2D eigenvalue weighted by atomic mass is 35.5. The Hall–Kier alpha value is -1.95. The number of likely N-dealkylation sites (N-methyl/N-ethyl adjacent to an activating group) is 1. The first-order valence-corrected chi connectivity index (χ1v) is 11.0. The lowest BCUT2D eigenvalue weighted by molar-refractivity contribution is -0.885. The molecule has 1 aliphatic heterocycles. The first kappa shape index (κ1) is 19.4. The number of quaternary nitrogens is 1. The van der Waals surface area contributed by atoms with Crippen LogP contribution in [0.1, 0.15) is 29.3 Å². The highest BCUT2D eigenvalue weighted by Gasteiger charge is 2.28. The molecule has 0 aliphatic carbocycles. The number of carbonyl (C=O) groups is 1. The van der Waals surface area contributed by atoms with Gasteiger partial charge in [-0.15, -0.1) is 11.3 Å². The van der Waals surface area contributed by atoms with E-state index in [-0.39, 0.29) is 5.91 Å². The normalized spacial score (nSPS) is 18.4. The number of nitrogens with zero attached hydrogens (tertiary/aromatic N) is 2. The maximum absolute atomic E-state index is 12.9. The Balaban J connectivity index is 1.38. The summed E-state index contributed by atoms with van der Waals surface area (Å²) in [5.41, 5.74) is 2.15. The minimum absolute atomic E-state index is 0.218. The lowest BCUT2D eigenvalue weighted by atomic mass is 9.98. The molecule has 1 unspecified atom stereocenters. The molecule has 0 saturated carbocycles. The summed E-state index contributed by atoms with van der Waals surface area (Å²) in [4.78, 5) is 20.9. The molecule has 4 rings (SSSR count). The Bertz CT molecular complexity index is 940. The second-order valence-corrected chi connectivity index (χ2v) is 9.07. The van der Waals surface area contributed by atoms with Crippen molar-refractivity contribution in [3.05, 3.63) is 64.1 Å². The fourth-order valence-electron chi connectivity index (χ4n) is 3.87. The zero-order chi connectivity index (χ0) is 19.5. The smallest absolute Gasteiger partial charge is 0.277 e. The van der Waals surface area contributed by atoms with Crippen LogP contribution < -0.4 is 4.90 Å². The van der Waals surface area contributed by atoms with E-state index in [1.54, 1.807) is 11.3 Å². The van der Waals surface area contributed by atoms with Crippen LogP contribution in [0.25, 0.3) is 10.2 Å². The van der Waals surface area contributed by atoms with Gasteiger partial charge in [0.1, 0.15) is 6.54 Å². The van der Waals surface area contributed by atoms with Gasteiger partial charge in [0.2, 0.25) is 0 Å². The van der Waals surface area contributed by atoms with Gasteiger partial charge in [0, 0.05) is 29.6 Å². The van der Waals surface area contributed by atoms with Gasteiger partial charge in [0.25, 0.3) is 5.91 Å². The third-order valence-electron chi connectivity index (χ3n) is 5.34. The number of aromatic nitrogens is 1. The van der Waals surface area contributed by atoms with Gasteiger partial charge in [-0.05, 0) is 31.0 Å². The Morgan fingerprint density at radius 3 is 2.86 bits per heavy atom. The standard InChI is InChI=1S/C22H24ClN3OS/c1-25(13-16-7-2-3-9-18(16)23)15-21(27)26-12-6-8-17(14-26)22-24-19-10-4-5-11-20(19)28-22/h2-5,7,9-11,17H,6,8,12-15H2,1H3/p+1/t17-/m1/s1. The van der Waals surface area contributed by atoms with Gasteiger partial charge < -0.3 is 9.80 Å². The van der Waals surface area contributed by atoms with Crippen molar-refractivity contribution in [2.45, 2.75) is 25.3 Å². The first-order valence-electron chi connectivity index (χ1n) is 9.78. The van der Waals surface area contributed by atoms with Crippen LogP contribution in [-0.2, 0) is 11.3 Å². The monoisotopic (exact) mass is 414 g/mol. The number of benzene rings is 2. The summed E-state index contributed by atoms with van der Waals surface area (Å²) < 4.78 is 1.23. The predicted octanol–water partition coefficient (Wildman–Crippen LogP) is 3.37. The predicted molar refractivity (Wildman–Crippen MR) is 115 cm³/mol. The van der Waals surface area contributed by atoms with E-state index in [0.717, 1.165) is 58.5 Å². The molecule has 1 fully saturated rings. The molecule has 4 nitrogen and oxygen atoms in total. The van der Waals surface area contributed by atoms with Gasteiger partial charge in [0.15, 0.2) is 6.54 Å². The van der Waals surface area contributed by atoms with E-state index < -0.39 is 0 Å². The zero-order valence-corrected chi connectivity index (χ0v) is 17.6. The number of likely N-dealkylation sites (tertiary alicyclic amines) is 1. The van der Waals surface area contributed by atoms with Gasteiger partial charge in [-0.2, -0.15) is 0 Å². The number of fused-ring (bicyclic) bond motifs is 1. The van der Waals surface area contributed by atoms with Crippen molar-refractivity contribution >= 4 is 39.1 Å². The largest absolute Gasteiger partial charge is 0.337 e. The van der Waals surface area contributed by atoms with Gasteiger partial charge in [-0.1, -0.05) is 41.9 Å². The van der Waals surface area contributed by atoms with Crippen molar-refractivity contribution in [1.82, 2.24) is 9.88 Å². The Kier molecular flexibility index (Phi) is 5.95. The number of amides is 1. The van der Waals surface area contributed by atoms with E-state index in [4.69, 9.17) is 16.6 Å². The maximum atomic E-state index is 12.9. The molecule has 146 valence electrons. The summed E-state index contributed by atoms with van der Waals surface area (Å²) >= 11 is 8.03. The van der Waals surface area contributed by atoms with E-state index in [1.165, 1.54) is 4.70 Å². The number of nitrogens with one attached hydrogen (secondary N) is 1. The summed E-state index contributed by atoms with van der Waals surface area (Å²) in [6, 6.07) is 16.1. The summed E-state index contributed by atoms with van der Waals surface area (Å²) in [6.45, 7) is 2.86. The van der Waals surface area contributed by atoms with Crippen molar-refractivity contribution in [2.24, 2.45) is 0 Å². The van der Waals surface area contributed by atoms with Gasteiger partial charge in [-0.3, -0.25) is 4.79 Å². The van der Waals surface area contributed by atoms with Crippen molar-refractivity contribution in [3.8, 4) is 0 Å². The van der Waals surface area contributed by atoms with Gasteiger partial charge >= 0.3 is 0 Å². The van der Waals surface area contributed by atoms with Crippen LogP contribution in [0.4, 0.5) is 0 Å². The fourth-order valence-corrected chi connectivity index (χ4v) is 5.17. The van der Waals surface area contributed by atoms with Crippen molar-refractivity contribution in [2.75, 3.05) is 26.7 Å². The molecule has 0 spiro atoms. The second-order valence-electron chi connectivity index (χ2n) is 7.60. The topological polar surface area (TPSA) is 37.6 Å². The Morgan fingerprint density at radius 2 is 2.04 bits per heavy atom. The lowest BCUT2D eigenvalue weighted by Crippen LogP contribution is -3.09. The molecular formula is C22H25ClN3OS+. The van der Waals surface area contributed by atoms with E-state index >= 15 is 0 Å². The average Bonchev–Trinajstić information content (AvgIpc) is 3.14. The molecule has 2 heterocycles. The lowest BCUT2D eigenvalue weighted by Gasteiger charge is -2.32. The number of para-hydroxylation sites is 1. The maximum Gasteiger partial charge on any atom is 0.277 e. The first-order chi connectivity index (χ1) is 13.6. The molecule has 28 heavy (non-hydrogen) atoms. The van der Waals surface area contributed by atoms with Crippen molar-refractivity contribution in [1.29, 1.82) is 0 Å². The molecular weight excluding hydrogens is 390 g/mol. The molecule has 1 N–H and O–H groups in total. The van der Waals surface area contributed by atoms with Crippen LogP contribution in [-0.4, -0.2) is 42.5 Å². The number of hydrogen-bond acceptors (Lipinski definition) is 3. The Labute approximate surface area is 174 Å². The number of piperidine rings is 1. The molecule has 1 aromatic heterocycles. The molecule has 2 atom stereocenters. The molecule has 0 radical (unpaired) electrons. The molecule has 1 saturated heterocycles. The minimum Gasteiger partial charge on any atom is -0.337 e. The molecule has 0 bridgehead atoms. The molecule has 6 heteroatoms. The van der Waals surface area contributed by atoms with Crippen LogP contribution in [0.15, 0.2) is 48.5 Å². The van der Waals surface area contributed by atoms with Crippen LogP contribution >= 0.6 is 22.9 Å². The molecule has 2 aromatic carbocycles. The van der Waals surface area contributed by atoms with Crippen LogP contribution in [0.5, 0.6) is 0 Å². The number of halogens is 1. The summed E-state index contributed by atoms with van der Waals surface area (Å²) in [5.74, 6) is 0.564. The highest BCUT2D eigenvalue weighted by molar-refractivity contribution is 7.18. The van der Waals surface area contributed by atoms with Gasteiger partial charge in [0.05, 0.1) is 22.3 Å². The number of rotatable bonds is 5. The second kappa shape index (κ2) is 8.60. The Morgan fingerprint density at radius 1 is 1.25 bits per heavy atom. The minimum atomic E-state index is 0.218. The summed E-state index contributed by atoms with van der Waals surface area (Å²) in [6.07, 6.45) is 2.14. The van der Waals surface area contributed by atoms with Crippen LogP contribution in [0.3, 0.4) is 0 Å². The molecule has 3 aromatic rings. The quantitative estimate of drug-likeness (QED) is 0.695. The third kappa shape index (κ3) is 4.37. The van der Waals surface area contributed by atoms with Crippen molar-refractivity contribution < 1.29 is 9.69 Å². The molecule has 1 amide bonds. The van der Waals surface area contributed by atoms with Crippen molar-refractivity contribution in [3.63, 3.8) is 0 Å². The van der Waals surface area contributed by atoms with Crippen LogP contribution in [0.2, 0.25) is 5.02 Å². The van der Waals surface area contributed by atoms with E-state index in [9.17, 15) is 4.79 Å². The highest BCUT2D eigenvalue weighted by Crippen LogP contribution is 2.32. The average molecular weight is 415 g/mol. The SMILES string of the molecule is C[NH+](CC(=O)N1CCC[C@@H](c2nc3ccccc3s2)C1)Cc1ccccc1Cl. The molecule has 1 aliphatic rings. The number of hydrogen-bond donors (Lipinski definition) is 1. The summed E-state index contributed by atoms with van der Waals surface area (Å²) in [7, 11) is 2.05. The fraction of sp³-hybridized carbons (Fsp3) is 0.364. The zero-order valence-electron chi connectivity index (χ0n) is 16.0. The van der Waals surface area contributed by atoms with Gasteiger partial charge in [-0.25, -0.2) is 4.98 Å². The van der Waals surface area contributed by atoms with E-state index in [2.05, 4.69) is 25.2 Å².